The monoisotopic (exact) mass is 298 g/mol. The van der Waals surface area contributed by atoms with Gasteiger partial charge in [0.15, 0.2) is 0 Å². The molecule has 112 valence electrons. The normalized spacial score (nSPS) is 23.2. The van der Waals surface area contributed by atoms with Gasteiger partial charge in [-0.05, 0) is 57.4 Å². The molecule has 2 unspecified atom stereocenters. The number of sulfonamides is 1. The fourth-order valence-electron chi connectivity index (χ4n) is 2.35. The van der Waals surface area contributed by atoms with Gasteiger partial charge in [-0.15, -0.1) is 0 Å². The molecule has 1 saturated carbocycles. The van der Waals surface area contributed by atoms with Gasteiger partial charge in [-0.1, -0.05) is 0 Å². The van der Waals surface area contributed by atoms with Gasteiger partial charge in [0.25, 0.3) is 0 Å². The largest absolute Gasteiger partial charge is 0.490 e. The zero-order chi connectivity index (χ0) is 14.8. The van der Waals surface area contributed by atoms with Crippen molar-refractivity contribution in [3.05, 3.63) is 24.3 Å². The van der Waals surface area contributed by atoms with E-state index in [1.165, 1.54) is 0 Å². The van der Waals surface area contributed by atoms with E-state index in [0.29, 0.717) is 5.75 Å². The van der Waals surface area contributed by atoms with E-state index in [9.17, 15) is 8.42 Å². The lowest BCUT2D eigenvalue weighted by atomic mass is 10.3. The number of nitrogens with one attached hydrogen (secondary N) is 1. The first-order valence-electron chi connectivity index (χ1n) is 6.91. The lowest BCUT2D eigenvalue weighted by molar-refractivity contribution is 0.208. The Bertz CT molecular complexity index is 540. The summed E-state index contributed by atoms with van der Waals surface area (Å²) >= 11 is 0. The zero-order valence-electron chi connectivity index (χ0n) is 11.9. The van der Waals surface area contributed by atoms with Gasteiger partial charge in [-0.2, -0.15) is 0 Å². The van der Waals surface area contributed by atoms with E-state index in [-0.39, 0.29) is 23.1 Å². The number of ether oxygens (including phenoxy) is 1. The molecule has 0 aliphatic heterocycles. The first kappa shape index (κ1) is 15.3. The summed E-state index contributed by atoms with van der Waals surface area (Å²) in [5.74, 6) is 0.688. The summed E-state index contributed by atoms with van der Waals surface area (Å²) in [6.45, 7) is 3.58. The number of nitrogens with two attached hydrogens (primary N) is 1. The molecule has 1 fully saturated rings. The first-order chi connectivity index (χ1) is 9.37. The Kier molecular flexibility index (Phi) is 4.67. The van der Waals surface area contributed by atoms with Crippen LogP contribution in [0, 0.1) is 0 Å². The third-order valence-corrected chi connectivity index (χ3v) is 4.93. The maximum Gasteiger partial charge on any atom is 0.240 e. The molecule has 2 atom stereocenters. The Morgan fingerprint density at radius 3 is 2.40 bits per heavy atom. The van der Waals surface area contributed by atoms with Gasteiger partial charge in [0.1, 0.15) is 11.9 Å². The maximum atomic E-state index is 12.0. The second-order valence-corrected chi connectivity index (χ2v) is 7.27. The molecular formula is C14H22N2O3S. The molecule has 5 nitrogen and oxygen atoms in total. The molecule has 0 saturated heterocycles. The molecule has 0 radical (unpaired) electrons. The minimum absolute atomic E-state index is 0.129. The summed E-state index contributed by atoms with van der Waals surface area (Å²) in [6, 6.07) is 6.60. The van der Waals surface area contributed by atoms with Gasteiger partial charge in [0, 0.05) is 12.1 Å². The van der Waals surface area contributed by atoms with Crippen molar-refractivity contribution in [3.8, 4) is 5.75 Å². The van der Waals surface area contributed by atoms with Gasteiger partial charge in [0.2, 0.25) is 10.0 Å². The maximum absolute atomic E-state index is 12.0. The summed E-state index contributed by atoms with van der Waals surface area (Å²) in [6.07, 6.45) is 2.93. The van der Waals surface area contributed by atoms with Crippen LogP contribution >= 0.6 is 0 Å². The Balaban J connectivity index is 2.03. The van der Waals surface area contributed by atoms with Crippen molar-refractivity contribution < 1.29 is 13.2 Å². The third-order valence-electron chi connectivity index (χ3n) is 3.25. The zero-order valence-corrected chi connectivity index (χ0v) is 12.7. The number of hydrogen-bond acceptors (Lipinski definition) is 4. The van der Waals surface area contributed by atoms with Gasteiger partial charge < -0.3 is 10.5 Å². The molecule has 0 heterocycles. The highest BCUT2D eigenvalue weighted by Crippen LogP contribution is 2.24. The van der Waals surface area contributed by atoms with Crippen molar-refractivity contribution in [1.29, 1.82) is 0 Å². The van der Waals surface area contributed by atoms with E-state index in [4.69, 9.17) is 10.5 Å². The van der Waals surface area contributed by atoms with Crippen LogP contribution in [0.15, 0.2) is 29.2 Å². The van der Waals surface area contributed by atoms with E-state index in [1.807, 2.05) is 0 Å². The van der Waals surface area contributed by atoms with Crippen molar-refractivity contribution in [2.75, 3.05) is 0 Å². The topological polar surface area (TPSA) is 81.4 Å². The molecule has 6 heteroatoms. The van der Waals surface area contributed by atoms with E-state index in [2.05, 4.69) is 4.72 Å². The van der Waals surface area contributed by atoms with Gasteiger partial charge in [0.05, 0.1) is 4.90 Å². The summed E-state index contributed by atoms with van der Waals surface area (Å²) < 4.78 is 32.3. The number of benzene rings is 1. The smallest absolute Gasteiger partial charge is 0.240 e. The fraction of sp³-hybridized carbons (Fsp3) is 0.571. The van der Waals surface area contributed by atoms with Crippen LogP contribution in [0.5, 0.6) is 5.75 Å². The third kappa shape index (κ3) is 3.94. The van der Waals surface area contributed by atoms with Crippen LogP contribution in [0.4, 0.5) is 0 Å². The van der Waals surface area contributed by atoms with Crippen LogP contribution in [-0.2, 0) is 10.0 Å². The van der Waals surface area contributed by atoms with Crippen molar-refractivity contribution in [3.63, 3.8) is 0 Å². The molecular weight excluding hydrogens is 276 g/mol. The Labute approximate surface area is 120 Å². The predicted molar refractivity (Wildman–Crippen MR) is 78.1 cm³/mol. The lowest BCUT2D eigenvalue weighted by Crippen LogP contribution is -2.30. The van der Waals surface area contributed by atoms with E-state index < -0.39 is 10.0 Å². The second-order valence-electron chi connectivity index (χ2n) is 5.56. The van der Waals surface area contributed by atoms with Crippen molar-refractivity contribution in [2.24, 2.45) is 5.73 Å². The highest BCUT2D eigenvalue weighted by molar-refractivity contribution is 7.89. The molecule has 0 aromatic heterocycles. The molecule has 1 aliphatic rings. The molecule has 20 heavy (non-hydrogen) atoms. The molecule has 0 bridgehead atoms. The summed E-state index contributed by atoms with van der Waals surface area (Å²) in [4.78, 5) is 0.252. The fourth-order valence-corrected chi connectivity index (χ4v) is 3.60. The van der Waals surface area contributed by atoms with Crippen molar-refractivity contribution >= 4 is 10.0 Å². The lowest BCUT2D eigenvalue weighted by Gasteiger charge is -2.14. The van der Waals surface area contributed by atoms with E-state index >= 15 is 0 Å². The van der Waals surface area contributed by atoms with Crippen LogP contribution in [0.1, 0.15) is 33.1 Å². The van der Waals surface area contributed by atoms with Crippen molar-refractivity contribution in [2.45, 2.75) is 56.2 Å². The second kappa shape index (κ2) is 6.11. The number of hydrogen-bond donors (Lipinski definition) is 2. The minimum Gasteiger partial charge on any atom is -0.490 e. The molecule has 2 rings (SSSR count). The SMILES string of the molecule is CC(C)NS(=O)(=O)c1ccc(OC2CCC(N)C2)cc1. The van der Waals surface area contributed by atoms with Crippen LogP contribution in [0.2, 0.25) is 0 Å². The Morgan fingerprint density at radius 1 is 1.25 bits per heavy atom. The average molecular weight is 298 g/mol. The van der Waals surface area contributed by atoms with Crippen LogP contribution in [-0.4, -0.2) is 26.6 Å². The first-order valence-corrected chi connectivity index (χ1v) is 8.40. The Hall–Kier alpha value is -1.11. The summed E-state index contributed by atoms with van der Waals surface area (Å²) in [5, 5.41) is 0. The van der Waals surface area contributed by atoms with Crippen molar-refractivity contribution in [1.82, 2.24) is 4.72 Å². The molecule has 0 spiro atoms. The molecule has 1 aliphatic carbocycles. The highest BCUT2D eigenvalue weighted by Gasteiger charge is 2.23. The molecule has 0 amide bonds. The van der Waals surface area contributed by atoms with Gasteiger partial charge in [-0.25, -0.2) is 13.1 Å². The molecule has 1 aromatic rings. The van der Waals surface area contributed by atoms with E-state index in [0.717, 1.165) is 19.3 Å². The van der Waals surface area contributed by atoms with Gasteiger partial charge >= 0.3 is 0 Å². The van der Waals surface area contributed by atoms with Crippen LogP contribution in [0.3, 0.4) is 0 Å². The minimum atomic E-state index is -3.44. The predicted octanol–water partition coefficient (Wildman–Crippen LogP) is 1.63. The average Bonchev–Trinajstić information content (AvgIpc) is 2.74. The standard InChI is InChI=1S/C14H22N2O3S/c1-10(2)16-20(17,18)14-7-5-12(6-8-14)19-13-4-3-11(15)9-13/h5-8,10-11,13,16H,3-4,9,15H2,1-2H3. The quantitative estimate of drug-likeness (QED) is 0.865. The Morgan fingerprint density at radius 2 is 1.90 bits per heavy atom. The summed E-state index contributed by atoms with van der Waals surface area (Å²) in [7, 11) is -3.44. The van der Waals surface area contributed by atoms with E-state index in [1.54, 1.807) is 38.1 Å². The van der Waals surface area contributed by atoms with Crippen LogP contribution < -0.4 is 15.2 Å². The molecule has 3 N–H and O–H groups in total. The highest BCUT2D eigenvalue weighted by atomic mass is 32.2. The van der Waals surface area contributed by atoms with Gasteiger partial charge in [-0.3, -0.25) is 0 Å². The summed E-state index contributed by atoms with van der Waals surface area (Å²) in [5.41, 5.74) is 5.84. The van der Waals surface area contributed by atoms with Crippen LogP contribution in [0.25, 0.3) is 0 Å². The molecule has 1 aromatic carbocycles. The number of rotatable bonds is 5.